The van der Waals surface area contributed by atoms with E-state index in [4.69, 9.17) is 4.74 Å². The normalized spacial score (nSPS) is 26.2. The van der Waals surface area contributed by atoms with Gasteiger partial charge in [0.25, 0.3) is 0 Å². The summed E-state index contributed by atoms with van der Waals surface area (Å²) in [6, 6.07) is 4.88. The molecule has 100 valence electrons. The van der Waals surface area contributed by atoms with Gasteiger partial charge in [0, 0.05) is 13.1 Å². The summed E-state index contributed by atoms with van der Waals surface area (Å²) in [5, 5.41) is 0. The molecule has 18 heavy (non-hydrogen) atoms. The third kappa shape index (κ3) is 2.71. The second-order valence-corrected chi connectivity index (χ2v) is 6.47. The lowest BCUT2D eigenvalue weighted by Crippen LogP contribution is -2.48. The monoisotopic (exact) mass is 273 g/mol. The number of rotatable bonds is 2. The average Bonchev–Trinajstić information content (AvgIpc) is 2.28. The van der Waals surface area contributed by atoms with Crippen LogP contribution in [0.4, 0.5) is 4.39 Å². The molecule has 1 aliphatic rings. The number of hydrogen-bond donors (Lipinski definition) is 0. The minimum absolute atomic E-state index is 0.116. The van der Waals surface area contributed by atoms with Crippen LogP contribution in [0, 0.1) is 5.82 Å². The van der Waals surface area contributed by atoms with Crippen LogP contribution in [0.15, 0.2) is 29.2 Å². The highest BCUT2D eigenvalue weighted by Crippen LogP contribution is 2.21. The summed E-state index contributed by atoms with van der Waals surface area (Å²) in [4.78, 5) is 0.116. The SMILES string of the molecule is C[C@@H]1CN(S(=O)(=O)c2ccc(F)cc2)C[C@H](C)O1. The van der Waals surface area contributed by atoms with Gasteiger partial charge in [0.2, 0.25) is 10.0 Å². The largest absolute Gasteiger partial charge is 0.373 e. The first-order valence-corrected chi connectivity index (χ1v) is 7.25. The van der Waals surface area contributed by atoms with Gasteiger partial charge >= 0.3 is 0 Å². The summed E-state index contributed by atoms with van der Waals surface area (Å²) in [7, 11) is -3.56. The molecule has 1 aliphatic heterocycles. The Morgan fingerprint density at radius 3 is 2.17 bits per heavy atom. The van der Waals surface area contributed by atoms with Gasteiger partial charge < -0.3 is 4.74 Å². The van der Waals surface area contributed by atoms with Crippen LogP contribution in [0.1, 0.15) is 13.8 Å². The molecule has 4 nitrogen and oxygen atoms in total. The summed E-state index contributed by atoms with van der Waals surface area (Å²) in [6.07, 6.45) is -0.270. The maximum atomic E-state index is 12.8. The number of hydrogen-bond acceptors (Lipinski definition) is 3. The zero-order valence-corrected chi connectivity index (χ0v) is 11.2. The lowest BCUT2D eigenvalue weighted by Gasteiger charge is -2.34. The summed E-state index contributed by atoms with van der Waals surface area (Å²) < 4.78 is 44.4. The van der Waals surface area contributed by atoms with Crippen molar-refractivity contribution in [3.8, 4) is 0 Å². The lowest BCUT2D eigenvalue weighted by atomic mass is 10.3. The van der Waals surface area contributed by atoms with Gasteiger partial charge in [-0.15, -0.1) is 0 Å². The maximum absolute atomic E-state index is 12.8. The maximum Gasteiger partial charge on any atom is 0.243 e. The van der Waals surface area contributed by atoms with E-state index in [-0.39, 0.29) is 17.1 Å². The Labute approximate surface area is 106 Å². The zero-order valence-electron chi connectivity index (χ0n) is 10.3. The fourth-order valence-corrected chi connectivity index (χ4v) is 3.67. The average molecular weight is 273 g/mol. The molecular weight excluding hydrogens is 257 g/mol. The summed E-state index contributed by atoms with van der Waals surface area (Å²) in [5.41, 5.74) is 0. The molecule has 6 heteroatoms. The Balaban J connectivity index is 2.28. The van der Waals surface area contributed by atoms with E-state index < -0.39 is 15.8 Å². The number of benzene rings is 1. The molecular formula is C12H16FNO3S. The third-order valence-electron chi connectivity index (χ3n) is 2.84. The Morgan fingerprint density at radius 1 is 1.17 bits per heavy atom. The predicted molar refractivity (Wildman–Crippen MR) is 65.2 cm³/mol. The van der Waals surface area contributed by atoms with E-state index in [2.05, 4.69) is 0 Å². The fraction of sp³-hybridized carbons (Fsp3) is 0.500. The van der Waals surface area contributed by atoms with Crippen LogP contribution in [0.5, 0.6) is 0 Å². The molecule has 0 aromatic heterocycles. The van der Waals surface area contributed by atoms with Crippen molar-refractivity contribution in [3.05, 3.63) is 30.1 Å². The smallest absolute Gasteiger partial charge is 0.243 e. The molecule has 1 aromatic carbocycles. The topological polar surface area (TPSA) is 46.6 Å². The van der Waals surface area contributed by atoms with Crippen molar-refractivity contribution in [1.29, 1.82) is 0 Å². The van der Waals surface area contributed by atoms with Gasteiger partial charge in [0.05, 0.1) is 17.1 Å². The molecule has 0 spiro atoms. The summed E-state index contributed by atoms with van der Waals surface area (Å²) >= 11 is 0. The van der Waals surface area contributed by atoms with Crippen LogP contribution in [-0.2, 0) is 14.8 Å². The Morgan fingerprint density at radius 2 is 1.67 bits per heavy atom. The highest BCUT2D eigenvalue weighted by atomic mass is 32.2. The molecule has 2 atom stereocenters. The van der Waals surface area contributed by atoms with E-state index in [1.54, 1.807) is 0 Å². The van der Waals surface area contributed by atoms with Crippen LogP contribution in [-0.4, -0.2) is 38.0 Å². The molecule has 1 aromatic rings. The minimum atomic E-state index is -3.56. The van der Waals surface area contributed by atoms with Crippen molar-refractivity contribution < 1.29 is 17.5 Å². The Bertz CT molecular complexity index is 505. The summed E-state index contributed by atoms with van der Waals surface area (Å²) in [6.45, 7) is 4.32. The molecule has 1 saturated heterocycles. The van der Waals surface area contributed by atoms with E-state index >= 15 is 0 Å². The second-order valence-electron chi connectivity index (χ2n) is 4.53. The van der Waals surface area contributed by atoms with Gasteiger partial charge in [-0.3, -0.25) is 0 Å². The van der Waals surface area contributed by atoms with Crippen LogP contribution in [0.2, 0.25) is 0 Å². The van der Waals surface area contributed by atoms with Crippen molar-refractivity contribution in [1.82, 2.24) is 4.31 Å². The molecule has 0 bridgehead atoms. The van der Waals surface area contributed by atoms with Crippen LogP contribution in [0.25, 0.3) is 0 Å². The van der Waals surface area contributed by atoms with Crippen molar-refractivity contribution in [3.63, 3.8) is 0 Å². The quantitative estimate of drug-likeness (QED) is 0.822. The summed E-state index contributed by atoms with van der Waals surface area (Å²) in [5.74, 6) is -0.447. The van der Waals surface area contributed by atoms with Crippen molar-refractivity contribution in [2.45, 2.75) is 31.0 Å². The van der Waals surface area contributed by atoms with E-state index in [0.717, 1.165) is 12.1 Å². The molecule has 0 N–H and O–H groups in total. The van der Waals surface area contributed by atoms with Crippen molar-refractivity contribution in [2.24, 2.45) is 0 Å². The molecule has 1 fully saturated rings. The molecule has 0 saturated carbocycles. The molecule has 0 unspecified atom stereocenters. The highest BCUT2D eigenvalue weighted by Gasteiger charge is 2.32. The first-order chi connectivity index (χ1) is 8.39. The van der Waals surface area contributed by atoms with Gasteiger partial charge in [-0.1, -0.05) is 0 Å². The van der Waals surface area contributed by atoms with E-state index in [1.807, 2.05) is 13.8 Å². The van der Waals surface area contributed by atoms with Gasteiger partial charge in [0.15, 0.2) is 0 Å². The fourth-order valence-electron chi connectivity index (χ4n) is 2.08. The predicted octanol–water partition coefficient (Wildman–Crippen LogP) is 1.62. The first-order valence-electron chi connectivity index (χ1n) is 5.81. The van der Waals surface area contributed by atoms with E-state index in [1.165, 1.54) is 16.4 Å². The lowest BCUT2D eigenvalue weighted by molar-refractivity contribution is -0.0440. The van der Waals surface area contributed by atoms with Crippen LogP contribution in [0.3, 0.4) is 0 Å². The van der Waals surface area contributed by atoms with Gasteiger partial charge in [-0.25, -0.2) is 12.8 Å². The Hall–Kier alpha value is -0.980. The van der Waals surface area contributed by atoms with E-state index in [0.29, 0.717) is 13.1 Å². The number of sulfonamides is 1. The van der Waals surface area contributed by atoms with Crippen molar-refractivity contribution in [2.75, 3.05) is 13.1 Å². The first kappa shape index (κ1) is 13.5. The molecule has 0 amide bonds. The van der Waals surface area contributed by atoms with Crippen molar-refractivity contribution >= 4 is 10.0 Å². The number of ether oxygens (including phenoxy) is 1. The minimum Gasteiger partial charge on any atom is -0.373 e. The zero-order chi connectivity index (χ0) is 13.3. The molecule has 2 rings (SSSR count). The van der Waals surface area contributed by atoms with Gasteiger partial charge in [-0.05, 0) is 38.1 Å². The van der Waals surface area contributed by atoms with E-state index in [9.17, 15) is 12.8 Å². The number of halogens is 1. The van der Waals surface area contributed by atoms with Crippen LogP contribution >= 0.6 is 0 Å². The second kappa shape index (κ2) is 4.95. The Kier molecular flexibility index (Phi) is 3.70. The number of nitrogens with zero attached hydrogens (tertiary/aromatic N) is 1. The highest BCUT2D eigenvalue weighted by molar-refractivity contribution is 7.89. The standard InChI is InChI=1S/C12H16FNO3S/c1-9-7-14(8-10(2)17-9)18(15,16)12-5-3-11(13)4-6-12/h3-6,9-10H,7-8H2,1-2H3/t9-,10+. The van der Waals surface area contributed by atoms with Gasteiger partial charge in [0.1, 0.15) is 5.82 Å². The molecule has 1 heterocycles. The molecule has 0 aliphatic carbocycles. The van der Waals surface area contributed by atoms with Crippen LogP contribution < -0.4 is 0 Å². The number of morpholine rings is 1. The molecule has 0 radical (unpaired) electrons. The third-order valence-corrected chi connectivity index (χ3v) is 4.68. The van der Waals surface area contributed by atoms with Gasteiger partial charge in [-0.2, -0.15) is 4.31 Å².